The van der Waals surface area contributed by atoms with Gasteiger partial charge in [0.2, 0.25) is 0 Å². The molecule has 1 saturated carbocycles. The molecule has 0 radical (unpaired) electrons. The molecule has 1 aromatic rings. The zero-order valence-corrected chi connectivity index (χ0v) is 12.2. The number of hydrogen-bond donors (Lipinski definition) is 1. The van der Waals surface area contributed by atoms with Crippen LogP contribution >= 0.6 is 0 Å². The Labute approximate surface area is 117 Å². The molecule has 2 fully saturated rings. The van der Waals surface area contributed by atoms with Crippen molar-refractivity contribution in [3.8, 4) is 0 Å². The van der Waals surface area contributed by atoms with Gasteiger partial charge in [-0.05, 0) is 68.0 Å². The predicted molar refractivity (Wildman–Crippen MR) is 81.2 cm³/mol. The minimum absolute atomic E-state index is 0.655. The van der Waals surface area contributed by atoms with Crippen LogP contribution in [0.15, 0.2) is 30.3 Å². The summed E-state index contributed by atoms with van der Waals surface area (Å²) in [5.74, 6) is 1.84. The summed E-state index contributed by atoms with van der Waals surface area (Å²) in [7, 11) is 0. The van der Waals surface area contributed by atoms with E-state index in [2.05, 4.69) is 42.6 Å². The lowest BCUT2D eigenvalue weighted by Crippen LogP contribution is -2.44. The molecule has 19 heavy (non-hydrogen) atoms. The fourth-order valence-electron chi connectivity index (χ4n) is 4.44. The first-order chi connectivity index (χ1) is 9.32. The third kappa shape index (κ3) is 2.72. The largest absolute Gasteiger partial charge is 0.316 e. The van der Waals surface area contributed by atoms with Gasteiger partial charge in [0.25, 0.3) is 0 Å². The van der Waals surface area contributed by atoms with E-state index in [0.717, 1.165) is 11.8 Å². The summed E-state index contributed by atoms with van der Waals surface area (Å²) < 4.78 is 0. The first kappa shape index (κ1) is 13.2. The van der Waals surface area contributed by atoms with Crippen LogP contribution in [0.3, 0.4) is 0 Å². The summed E-state index contributed by atoms with van der Waals surface area (Å²) in [6, 6.07) is 11.1. The highest BCUT2D eigenvalue weighted by molar-refractivity contribution is 5.16. The van der Waals surface area contributed by atoms with Crippen molar-refractivity contribution >= 4 is 0 Å². The maximum Gasteiger partial charge on any atom is -0.00120 e. The van der Waals surface area contributed by atoms with E-state index in [0.29, 0.717) is 5.41 Å². The van der Waals surface area contributed by atoms with E-state index in [-0.39, 0.29) is 0 Å². The molecule has 0 amide bonds. The van der Waals surface area contributed by atoms with Crippen LogP contribution in [0.5, 0.6) is 0 Å². The molecule has 3 atom stereocenters. The summed E-state index contributed by atoms with van der Waals surface area (Å²) >= 11 is 0. The van der Waals surface area contributed by atoms with Crippen LogP contribution in [0.2, 0.25) is 0 Å². The van der Waals surface area contributed by atoms with Gasteiger partial charge < -0.3 is 5.32 Å². The fraction of sp³-hybridized carbons (Fsp3) is 0.667. The van der Waals surface area contributed by atoms with Gasteiger partial charge in [0.1, 0.15) is 0 Å². The molecule has 0 aromatic heterocycles. The molecule has 1 aliphatic heterocycles. The van der Waals surface area contributed by atoms with E-state index in [9.17, 15) is 0 Å². The summed E-state index contributed by atoms with van der Waals surface area (Å²) in [4.78, 5) is 0. The van der Waals surface area contributed by atoms with Crippen molar-refractivity contribution in [3.63, 3.8) is 0 Å². The van der Waals surface area contributed by atoms with Crippen molar-refractivity contribution in [1.82, 2.24) is 5.32 Å². The second-order valence-corrected chi connectivity index (χ2v) is 6.72. The summed E-state index contributed by atoms with van der Waals surface area (Å²) in [6.07, 6.45) is 8.49. The summed E-state index contributed by atoms with van der Waals surface area (Å²) in [5, 5.41) is 3.64. The Balaban J connectivity index is 1.74. The molecule has 1 heterocycles. The lowest BCUT2D eigenvalue weighted by atomic mass is 9.67. The van der Waals surface area contributed by atoms with Crippen molar-refractivity contribution in [3.05, 3.63) is 35.9 Å². The number of piperidine rings is 1. The van der Waals surface area contributed by atoms with E-state index in [1.54, 1.807) is 0 Å². The van der Waals surface area contributed by atoms with Gasteiger partial charge in [0.05, 0.1) is 0 Å². The van der Waals surface area contributed by atoms with Crippen LogP contribution in [-0.2, 0) is 6.42 Å². The Morgan fingerprint density at radius 2 is 2.05 bits per heavy atom. The molecule has 0 bridgehead atoms. The molecule has 1 saturated heterocycles. The molecule has 1 N–H and O–H groups in total. The highest BCUT2D eigenvalue weighted by Crippen LogP contribution is 2.52. The molecule has 1 aromatic carbocycles. The molecular weight excluding hydrogens is 230 g/mol. The van der Waals surface area contributed by atoms with Gasteiger partial charge in [-0.1, -0.05) is 43.7 Å². The molecule has 104 valence electrons. The Morgan fingerprint density at radius 1 is 1.21 bits per heavy atom. The SMILES string of the molecule is CCC1CCC2(CCNCC2Cc2ccccc2)C1. The molecule has 3 unspecified atom stereocenters. The van der Waals surface area contributed by atoms with Crippen molar-refractivity contribution in [2.45, 2.75) is 45.4 Å². The van der Waals surface area contributed by atoms with Crippen molar-refractivity contribution in [1.29, 1.82) is 0 Å². The van der Waals surface area contributed by atoms with Gasteiger partial charge in [-0.15, -0.1) is 0 Å². The van der Waals surface area contributed by atoms with Gasteiger partial charge in [0.15, 0.2) is 0 Å². The second-order valence-electron chi connectivity index (χ2n) is 6.72. The zero-order valence-electron chi connectivity index (χ0n) is 12.2. The smallest absolute Gasteiger partial charge is 0.00120 e. The fourth-order valence-corrected chi connectivity index (χ4v) is 4.44. The van der Waals surface area contributed by atoms with Crippen LogP contribution in [0.4, 0.5) is 0 Å². The molecule has 2 aliphatic rings. The minimum Gasteiger partial charge on any atom is -0.316 e. The lowest BCUT2D eigenvalue weighted by Gasteiger charge is -2.42. The number of nitrogens with one attached hydrogen (secondary N) is 1. The monoisotopic (exact) mass is 257 g/mol. The van der Waals surface area contributed by atoms with Gasteiger partial charge >= 0.3 is 0 Å². The van der Waals surface area contributed by atoms with Crippen molar-refractivity contribution < 1.29 is 0 Å². The second kappa shape index (κ2) is 5.66. The molecular formula is C18H27N. The van der Waals surface area contributed by atoms with Gasteiger partial charge in [-0.3, -0.25) is 0 Å². The van der Waals surface area contributed by atoms with Crippen LogP contribution in [0.1, 0.15) is 44.6 Å². The van der Waals surface area contributed by atoms with Crippen LogP contribution in [0.25, 0.3) is 0 Å². The Hall–Kier alpha value is -0.820. The van der Waals surface area contributed by atoms with Crippen LogP contribution in [-0.4, -0.2) is 13.1 Å². The third-order valence-electron chi connectivity index (χ3n) is 5.70. The highest BCUT2D eigenvalue weighted by Gasteiger charge is 2.45. The molecule has 1 spiro atoms. The standard InChI is InChI=1S/C18H27N/c1-2-15-8-9-18(13-15)10-11-19-14-17(18)12-16-6-4-3-5-7-16/h3-7,15,17,19H,2,8-14H2,1H3. The predicted octanol–water partition coefficient (Wildman–Crippen LogP) is 4.04. The van der Waals surface area contributed by atoms with E-state index >= 15 is 0 Å². The number of hydrogen-bond acceptors (Lipinski definition) is 1. The minimum atomic E-state index is 0.655. The van der Waals surface area contributed by atoms with Gasteiger partial charge in [-0.2, -0.15) is 0 Å². The van der Waals surface area contributed by atoms with E-state index < -0.39 is 0 Å². The maximum atomic E-state index is 3.64. The lowest BCUT2D eigenvalue weighted by molar-refractivity contribution is 0.108. The van der Waals surface area contributed by atoms with Crippen LogP contribution < -0.4 is 5.32 Å². The summed E-state index contributed by atoms with van der Waals surface area (Å²) in [6.45, 7) is 4.84. The highest BCUT2D eigenvalue weighted by atomic mass is 14.9. The number of rotatable bonds is 3. The number of benzene rings is 1. The Morgan fingerprint density at radius 3 is 2.79 bits per heavy atom. The maximum absolute atomic E-state index is 3.64. The van der Waals surface area contributed by atoms with Crippen molar-refractivity contribution in [2.75, 3.05) is 13.1 Å². The topological polar surface area (TPSA) is 12.0 Å². The zero-order chi connectivity index (χ0) is 13.1. The average Bonchev–Trinajstić information content (AvgIpc) is 2.87. The third-order valence-corrected chi connectivity index (χ3v) is 5.70. The Bertz CT molecular complexity index is 399. The molecule has 3 rings (SSSR count). The summed E-state index contributed by atoms with van der Waals surface area (Å²) in [5.41, 5.74) is 2.18. The molecule has 1 nitrogen and oxygen atoms in total. The first-order valence-electron chi connectivity index (χ1n) is 8.07. The van der Waals surface area contributed by atoms with E-state index in [4.69, 9.17) is 0 Å². The van der Waals surface area contributed by atoms with Crippen molar-refractivity contribution in [2.24, 2.45) is 17.3 Å². The molecule has 1 aliphatic carbocycles. The van der Waals surface area contributed by atoms with Gasteiger partial charge in [-0.25, -0.2) is 0 Å². The quantitative estimate of drug-likeness (QED) is 0.862. The Kier molecular flexibility index (Phi) is 3.93. The van der Waals surface area contributed by atoms with E-state index in [1.165, 1.54) is 57.2 Å². The first-order valence-corrected chi connectivity index (χ1v) is 8.07. The normalized spacial score (nSPS) is 34.8. The van der Waals surface area contributed by atoms with E-state index in [1.807, 2.05) is 0 Å². The van der Waals surface area contributed by atoms with Crippen LogP contribution in [0, 0.1) is 17.3 Å². The molecule has 1 heteroatoms. The van der Waals surface area contributed by atoms with Gasteiger partial charge in [0, 0.05) is 0 Å². The average molecular weight is 257 g/mol.